The van der Waals surface area contributed by atoms with Gasteiger partial charge in [0, 0.05) is 31.9 Å². The first-order chi connectivity index (χ1) is 9.65. The number of anilines is 1. The van der Waals surface area contributed by atoms with E-state index in [1.807, 2.05) is 73.7 Å². The minimum atomic E-state index is -0.388. The van der Waals surface area contributed by atoms with Gasteiger partial charge in [0.1, 0.15) is 0 Å². The third-order valence-corrected chi connectivity index (χ3v) is 3.21. The number of fused-ring (bicyclic) bond motifs is 1. The number of nitrogens with zero attached hydrogens (tertiary/aromatic N) is 2. The van der Waals surface area contributed by atoms with Crippen molar-refractivity contribution in [1.82, 2.24) is 0 Å². The first-order valence-corrected chi connectivity index (χ1v) is 6.37. The highest BCUT2D eigenvalue weighted by Crippen LogP contribution is 2.18. The SMILES string of the molecule is CN(C)c1ccc2oc(=O)[n+](-c3ccccc3)cc2c1. The number of benzene rings is 2. The highest BCUT2D eigenvalue weighted by molar-refractivity contribution is 5.79. The predicted octanol–water partition coefficient (Wildman–Crippen LogP) is 2.14. The van der Waals surface area contributed by atoms with E-state index in [0.29, 0.717) is 5.58 Å². The van der Waals surface area contributed by atoms with Crippen molar-refractivity contribution in [1.29, 1.82) is 0 Å². The Morgan fingerprint density at radius 1 is 1.05 bits per heavy atom. The summed E-state index contributed by atoms with van der Waals surface area (Å²) in [6, 6.07) is 15.2. The van der Waals surface area contributed by atoms with Gasteiger partial charge in [0.15, 0.2) is 11.8 Å². The zero-order valence-corrected chi connectivity index (χ0v) is 11.4. The average Bonchev–Trinajstić information content (AvgIpc) is 2.47. The van der Waals surface area contributed by atoms with Gasteiger partial charge in [-0.15, -0.1) is 0 Å². The molecule has 0 bridgehead atoms. The molecule has 0 N–H and O–H groups in total. The number of para-hydroxylation sites is 1. The van der Waals surface area contributed by atoms with Crippen LogP contribution in [0.25, 0.3) is 16.7 Å². The van der Waals surface area contributed by atoms with Crippen molar-refractivity contribution in [3.8, 4) is 5.69 Å². The van der Waals surface area contributed by atoms with Crippen LogP contribution in [0.4, 0.5) is 5.69 Å². The van der Waals surface area contributed by atoms with Crippen molar-refractivity contribution >= 4 is 16.7 Å². The molecular formula is C16H15N2O2+. The molecule has 3 rings (SSSR count). The summed E-state index contributed by atoms with van der Waals surface area (Å²) in [7, 11) is 3.96. The Hall–Kier alpha value is -2.62. The molecule has 0 radical (unpaired) electrons. The standard InChI is InChI=1S/C16H15N2O2/c1-17(2)14-8-9-15-12(10-14)11-18(16(19)20-15)13-6-4-3-5-7-13/h3-11H,1-2H3/q+1. The number of hydrogen-bond donors (Lipinski definition) is 0. The number of rotatable bonds is 2. The van der Waals surface area contributed by atoms with Crippen molar-refractivity contribution < 1.29 is 8.98 Å². The van der Waals surface area contributed by atoms with E-state index in [-0.39, 0.29) is 5.76 Å². The van der Waals surface area contributed by atoms with E-state index in [0.717, 1.165) is 16.8 Å². The molecule has 0 saturated carbocycles. The maximum absolute atomic E-state index is 12.0. The van der Waals surface area contributed by atoms with Crippen LogP contribution < -0.4 is 15.2 Å². The van der Waals surface area contributed by atoms with Gasteiger partial charge >= 0.3 is 5.76 Å². The third-order valence-electron chi connectivity index (χ3n) is 3.21. The molecule has 3 aromatic rings. The molecule has 0 saturated heterocycles. The Morgan fingerprint density at radius 3 is 2.50 bits per heavy atom. The summed E-state index contributed by atoms with van der Waals surface area (Å²) >= 11 is 0. The van der Waals surface area contributed by atoms with Crippen LogP contribution in [0.5, 0.6) is 0 Å². The predicted molar refractivity (Wildman–Crippen MR) is 78.3 cm³/mol. The summed E-state index contributed by atoms with van der Waals surface area (Å²) in [4.78, 5) is 14.0. The first kappa shape index (κ1) is 12.4. The van der Waals surface area contributed by atoms with E-state index in [4.69, 9.17) is 4.42 Å². The van der Waals surface area contributed by atoms with Crippen molar-refractivity contribution in [2.24, 2.45) is 0 Å². The quantitative estimate of drug-likeness (QED) is 0.668. The molecule has 100 valence electrons. The molecular weight excluding hydrogens is 252 g/mol. The molecule has 1 aromatic heterocycles. The molecule has 0 amide bonds. The second-order valence-electron chi connectivity index (χ2n) is 4.82. The van der Waals surface area contributed by atoms with E-state index in [1.54, 1.807) is 0 Å². The van der Waals surface area contributed by atoms with Crippen LogP contribution >= 0.6 is 0 Å². The van der Waals surface area contributed by atoms with Crippen molar-refractivity contribution in [2.75, 3.05) is 19.0 Å². The van der Waals surface area contributed by atoms with Crippen LogP contribution in [-0.2, 0) is 0 Å². The van der Waals surface area contributed by atoms with Gasteiger partial charge in [-0.1, -0.05) is 22.8 Å². The molecule has 0 aliphatic heterocycles. The van der Waals surface area contributed by atoms with Crippen LogP contribution in [0.15, 0.2) is 63.9 Å². The average molecular weight is 267 g/mol. The van der Waals surface area contributed by atoms with Crippen LogP contribution in [0.1, 0.15) is 0 Å². The van der Waals surface area contributed by atoms with Crippen LogP contribution in [0.3, 0.4) is 0 Å². The van der Waals surface area contributed by atoms with E-state index < -0.39 is 0 Å². The molecule has 0 spiro atoms. The van der Waals surface area contributed by atoms with E-state index in [9.17, 15) is 4.79 Å². The molecule has 0 unspecified atom stereocenters. The van der Waals surface area contributed by atoms with Crippen LogP contribution in [0.2, 0.25) is 0 Å². The second-order valence-corrected chi connectivity index (χ2v) is 4.82. The second kappa shape index (κ2) is 4.81. The normalized spacial score (nSPS) is 10.7. The zero-order valence-electron chi connectivity index (χ0n) is 11.4. The summed E-state index contributed by atoms with van der Waals surface area (Å²) in [5.41, 5.74) is 2.44. The fourth-order valence-corrected chi connectivity index (χ4v) is 2.11. The molecule has 0 aliphatic carbocycles. The van der Waals surface area contributed by atoms with Crippen LogP contribution in [0, 0.1) is 0 Å². The Balaban J connectivity index is 2.24. The van der Waals surface area contributed by atoms with Gasteiger partial charge in [-0.2, -0.15) is 4.79 Å². The molecule has 4 heteroatoms. The van der Waals surface area contributed by atoms with E-state index in [2.05, 4.69) is 0 Å². The monoisotopic (exact) mass is 267 g/mol. The fraction of sp³-hybridized carbons (Fsp3) is 0.125. The molecule has 0 atom stereocenters. The lowest BCUT2D eigenvalue weighted by Crippen LogP contribution is -2.46. The van der Waals surface area contributed by atoms with Crippen molar-refractivity contribution in [3.05, 3.63) is 65.3 Å². The van der Waals surface area contributed by atoms with Gasteiger partial charge < -0.3 is 9.32 Å². The Labute approximate surface area is 116 Å². The first-order valence-electron chi connectivity index (χ1n) is 6.37. The van der Waals surface area contributed by atoms with E-state index >= 15 is 0 Å². The summed E-state index contributed by atoms with van der Waals surface area (Å²) in [6.45, 7) is 0. The molecule has 0 fully saturated rings. The Bertz CT molecular complexity index is 808. The lowest BCUT2D eigenvalue weighted by Gasteiger charge is -2.11. The van der Waals surface area contributed by atoms with Crippen LogP contribution in [-0.4, -0.2) is 14.1 Å². The lowest BCUT2D eigenvalue weighted by atomic mass is 10.2. The Morgan fingerprint density at radius 2 is 1.80 bits per heavy atom. The smallest absolute Gasteiger partial charge is 0.378 e. The fourth-order valence-electron chi connectivity index (χ4n) is 2.11. The summed E-state index contributed by atoms with van der Waals surface area (Å²) in [5.74, 6) is -0.388. The summed E-state index contributed by atoms with van der Waals surface area (Å²) in [6.07, 6.45) is 1.81. The number of aromatic nitrogens is 1. The van der Waals surface area contributed by atoms with Crippen molar-refractivity contribution in [2.45, 2.75) is 0 Å². The molecule has 1 heterocycles. The minimum Gasteiger partial charge on any atom is -0.378 e. The number of hydrogen-bond acceptors (Lipinski definition) is 3. The van der Waals surface area contributed by atoms with Crippen molar-refractivity contribution in [3.63, 3.8) is 0 Å². The van der Waals surface area contributed by atoms with Gasteiger partial charge in [0.2, 0.25) is 5.69 Å². The zero-order chi connectivity index (χ0) is 14.1. The maximum Gasteiger partial charge on any atom is 0.608 e. The lowest BCUT2D eigenvalue weighted by molar-refractivity contribution is -0.623. The molecule has 4 nitrogen and oxygen atoms in total. The molecule has 2 aromatic carbocycles. The third kappa shape index (κ3) is 2.16. The highest BCUT2D eigenvalue weighted by Gasteiger charge is 2.15. The summed E-state index contributed by atoms with van der Waals surface area (Å²) in [5, 5.41) is 0.889. The Kier molecular flexibility index (Phi) is 2.99. The van der Waals surface area contributed by atoms with Gasteiger partial charge in [0.05, 0.1) is 5.39 Å². The van der Waals surface area contributed by atoms with E-state index in [1.165, 1.54) is 4.57 Å². The van der Waals surface area contributed by atoms with Gasteiger partial charge in [-0.3, -0.25) is 0 Å². The van der Waals surface area contributed by atoms with Gasteiger partial charge in [0.25, 0.3) is 0 Å². The summed E-state index contributed by atoms with van der Waals surface area (Å²) < 4.78 is 6.89. The van der Waals surface area contributed by atoms with Gasteiger partial charge in [-0.25, -0.2) is 0 Å². The largest absolute Gasteiger partial charge is 0.608 e. The maximum atomic E-state index is 12.0. The topological polar surface area (TPSA) is 37.3 Å². The minimum absolute atomic E-state index is 0.388. The highest BCUT2D eigenvalue weighted by atomic mass is 16.4. The van der Waals surface area contributed by atoms with Gasteiger partial charge in [-0.05, 0) is 18.2 Å². The molecule has 0 aliphatic rings. The molecule has 20 heavy (non-hydrogen) atoms.